The zero-order valence-electron chi connectivity index (χ0n) is 13.0. The van der Waals surface area contributed by atoms with E-state index >= 15 is 0 Å². The Kier molecular flexibility index (Phi) is 3.90. The molecule has 2 aliphatic rings. The summed E-state index contributed by atoms with van der Waals surface area (Å²) in [6.07, 6.45) is 1.36. The Labute approximate surface area is 138 Å². The third kappa shape index (κ3) is 3.03. The minimum absolute atomic E-state index is 0.149. The number of thiophene rings is 1. The van der Waals surface area contributed by atoms with E-state index in [1.54, 1.807) is 11.3 Å². The van der Waals surface area contributed by atoms with Gasteiger partial charge in [-0.05, 0) is 35.2 Å². The number of fused-ring (bicyclic) bond motifs is 1. The van der Waals surface area contributed by atoms with Gasteiger partial charge in [-0.25, -0.2) is 0 Å². The van der Waals surface area contributed by atoms with Gasteiger partial charge in [-0.3, -0.25) is 4.79 Å². The number of nitrogens with zero attached hydrogens (tertiary/aromatic N) is 3. The van der Waals surface area contributed by atoms with E-state index in [4.69, 9.17) is 9.26 Å². The second kappa shape index (κ2) is 6.05. The summed E-state index contributed by atoms with van der Waals surface area (Å²) in [4.78, 5) is 18.7. The zero-order chi connectivity index (χ0) is 15.8. The van der Waals surface area contributed by atoms with Crippen molar-refractivity contribution in [1.29, 1.82) is 0 Å². The maximum atomic E-state index is 12.4. The van der Waals surface area contributed by atoms with Crippen LogP contribution in [0.3, 0.4) is 0 Å². The summed E-state index contributed by atoms with van der Waals surface area (Å²) in [6, 6.07) is 2.01. The van der Waals surface area contributed by atoms with Crippen LogP contribution in [0.25, 0.3) is 0 Å². The second-order valence-corrected chi connectivity index (χ2v) is 7.12. The average Bonchev–Trinajstić information content (AvgIpc) is 3.26. The van der Waals surface area contributed by atoms with E-state index in [0.29, 0.717) is 43.1 Å². The van der Waals surface area contributed by atoms with Gasteiger partial charge in [0.05, 0.1) is 19.1 Å². The Balaban J connectivity index is 1.38. The number of carbonyl (C=O) groups is 1. The van der Waals surface area contributed by atoms with Crippen LogP contribution in [0.4, 0.5) is 0 Å². The summed E-state index contributed by atoms with van der Waals surface area (Å²) in [5.41, 5.74) is 1.09. The number of aromatic nitrogens is 2. The third-order valence-electron chi connectivity index (χ3n) is 4.73. The molecule has 0 unspecified atom stereocenters. The van der Waals surface area contributed by atoms with Gasteiger partial charge in [0, 0.05) is 25.4 Å². The molecular formula is C16H19N3O3S. The molecule has 0 saturated carbocycles. The fourth-order valence-corrected chi connectivity index (χ4v) is 4.21. The maximum Gasteiger partial charge on any atom is 0.227 e. The largest absolute Gasteiger partial charge is 0.376 e. The molecule has 0 radical (unpaired) electrons. The van der Waals surface area contributed by atoms with Gasteiger partial charge < -0.3 is 14.2 Å². The first kappa shape index (κ1) is 14.8. The third-order valence-corrected chi connectivity index (χ3v) is 5.47. The van der Waals surface area contributed by atoms with Crippen LogP contribution in [0, 0.1) is 18.8 Å². The highest BCUT2D eigenvalue weighted by Crippen LogP contribution is 2.35. The SMILES string of the molecule is Cc1noc(C[C@@H]2CO[C@@H]3CN(C(=O)Cc4ccsc4)C[C@H]23)n1. The number of likely N-dealkylation sites (tertiary alicyclic amines) is 1. The van der Waals surface area contributed by atoms with Crippen LogP contribution in [0.2, 0.25) is 0 Å². The lowest BCUT2D eigenvalue weighted by molar-refractivity contribution is -0.130. The van der Waals surface area contributed by atoms with Crippen molar-refractivity contribution >= 4 is 17.2 Å². The highest BCUT2D eigenvalue weighted by Gasteiger charge is 2.45. The van der Waals surface area contributed by atoms with E-state index in [2.05, 4.69) is 10.1 Å². The number of ether oxygens (including phenoxy) is 1. The predicted octanol–water partition coefficient (Wildman–Crippen LogP) is 1.70. The number of carbonyl (C=O) groups excluding carboxylic acids is 1. The molecule has 7 heteroatoms. The summed E-state index contributed by atoms with van der Waals surface area (Å²) in [5, 5.41) is 7.88. The van der Waals surface area contributed by atoms with Crippen LogP contribution >= 0.6 is 11.3 Å². The first-order valence-corrected chi connectivity index (χ1v) is 8.83. The van der Waals surface area contributed by atoms with Crippen LogP contribution in [-0.2, 0) is 22.4 Å². The van der Waals surface area contributed by atoms with Gasteiger partial charge in [-0.15, -0.1) is 0 Å². The quantitative estimate of drug-likeness (QED) is 0.852. The van der Waals surface area contributed by atoms with Crippen molar-refractivity contribution in [2.45, 2.75) is 25.9 Å². The lowest BCUT2D eigenvalue weighted by atomic mass is 9.90. The van der Waals surface area contributed by atoms with Gasteiger partial charge in [0.25, 0.3) is 0 Å². The van der Waals surface area contributed by atoms with Gasteiger partial charge in [0.2, 0.25) is 11.8 Å². The molecule has 2 aliphatic heterocycles. The van der Waals surface area contributed by atoms with Crippen molar-refractivity contribution in [2.24, 2.45) is 11.8 Å². The number of hydrogen-bond acceptors (Lipinski definition) is 6. The Morgan fingerprint density at radius 2 is 2.39 bits per heavy atom. The van der Waals surface area contributed by atoms with E-state index in [-0.39, 0.29) is 12.0 Å². The highest BCUT2D eigenvalue weighted by molar-refractivity contribution is 7.07. The molecule has 2 fully saturated rings. The Morgan fingerprint density at radius 1 is 1.48 bits per heavy atom. The van der Waals surface area contributed by atoms with E-state index in [1.807, 2.05) is 28.7 Å². The molecular weight excluding hydrogens is 314 g/mol. The minimum atomic E-state index is 0.149. The summed E-state index contributed by atoms with van der Waals surface area (Å²) in [6.45, 7) is 4.00. The van der Waals surface area contributed by atoms with Crippen LogP contribution in [0.1, 0.15) is 17.3 Å². The molecule has 6 nitrogen and oxygen atoms in total. The number of hydrogen-bond donors (Lipinski definition) is 0. The molecule has 0 bridgehead atoms. The fraction of sp³-hybridized carbons (Fsp3) is 0.562. The van der Waals surface area contributed by atoms with Gasteiger partial charge in [-0.1, -0.05) is 5.16 Å². The monoisotopic (exact) mass is 333 g/mol. The van der Waals surface area contributed by atoms with Gasteiger partial charge in [0.1, 0.15) is 0 Å². The van der Waals surface area contributed by atoms with Gasteiger partial charge in [-0.2, -0.15) is 16.3 Å². The summed E-state index contributed by atoms with van der Waals surface area (Å²) in [7, 11) is 0. The summed E-state index contributed by atoms with van der Waals surface area (Å²) >= 11 is 1.63. The second-order valence-electron chi connectivity index (χ2n) is 6.34. The molecule has 3 atom stereocenters. The van der Waals surface area contributed by atoms with Crippen molar-refractivity contribution < 1.29 is 14.1 Å². The van der Waals surface area contributed by atoms with Gasteiger partial charge >= 0.3 is 0 Å². The minimum Gasteiger partial charge on any atom is -0.376 e. The number of rotatable bonds is 4. The van der Waals surface area contributed by atoms with Gasteiger partial charge in [0.15, 0.2) is 5.82 Å². The molecule has 0 aliphatic carbocycles. The number of amides is 1. The van der Waals surface area contributed by atoms with Crippen molar-refractivity contribution in [1.82, 2.24) is 15.0 Å². The average molecular weight is 333 g/mol. The fourth-order valence-electron chi connectivity index (χ4n) is 3.54. The summed E-state index contributed by atoms with van der Waals surface area (Å²) in [5.74, 6) is 2.23. The molecule has 4 rings (SSSR count). The molecule has 2 saturated heterocycles. The normalized spacial score (nSPS) is 26.7. The molecule has 0 spiro atoms. The molecule has 1 amide bonds. The molecule has 0 aromatic carbocycles. The van der Waals surface area contributed by atoms with Crippen LogP contribution in [0.15, 0.2) is 21.3 Å². The Morgan fingerprint density at radius 3 is 3.13 bits per heavy atom. The van der Waals surface area contributed by atoms with E-state index in [1.165, 1.54) is 0 Å². The van der Waals surface area contributed by atoms with Crippen molar-refractivity contribution in [3.8, 4) is 0 Å². The maximum absolute atomic E-state index is 12.4. The highest BCUT2D eigenvalue weighted by atomic mass is 32.1. The van der Waals surface area contributed by atoms with E-state index in [9.17, 15) is 4.79 Å². The molecule has 2 aromatic rings. The molecule has 122 valence electrons. The molecule has 23 heavy (non-hydrogen) atoms. The predicted molar refractivity (Wildman–Crippen MR) is 84.1 cm³/mol. The van der Waals surface area contributed by atoms with E-state index < -0.39 is 0 Å². The first-order valence-electron chi connectivity index (χ1n) is 7.88. The standard InChI is InChI=1S/C16H19N3O3S/c1-10-17-15(22-18-10)5-12-8-21-14-7-19(6-13(12)14)16(20)4-11-2-3-23-9-11/h2-3,9,12-14H,4-8H2,1H3/t12-,13-,14-/m1/s1. The number of aryl methyl sites for hydroxylation is 1. The van der Waals surface area contributed by atoms with Crippen molar-refractivity contribution in [2.75, 3.05) is 19.7 Å². The zero-order valence-corrected chi connectivity index (χ0v) is 13.8. The molecule has 0 N–H and O–H groups in total. The molecule has 4 heterocycles. The molecule has 2 aromatic heterocycles. The van der Waals surface area contributed by atoms with Crippen LogP contribution in [-0.4, -0.2) is 46.7 Å². The first-order chi connectivity index (χ1) is 11.2. The topological polar surface area (TPSA) is 68.5 Å². The van der Waals surface area contributed by atoms with Crippen molar-refractivity contribution in [3.63, 3.8) is 0 Å². The van der Waals surface area contributed by atoms with Crippen LogP contribution < -0.4 is 0 Å². The Bertz CT molecular complexity index is 685. The van der Waals surface area contributed by atoms with Crippen LogP contribution in [0.5, 0.6) is 0 Å². The van der Waals surface area contributed by atoms with Crippen molar-refractivity contribution in [3.05, 3.63) is 34.1 Å². The van der Waals surface area contributed by atoms with E-state index in [0.717, 1.165) is 18.5 Å². The Hall–Kier alpha value is -1.73. The summed E-state index contributed by atoms with van der Waals surface area (Å²) < 4.78 is 11.1. The smallest absolute Gasteiger partial charge is 0.227 e. The lowest BCUT2D eigenvalue weighted by Gasteiger charge is -2.19. The lowest BCUT2D eigenvalue weighted by Crippen LogP contribution is -2.32.